The number of amides is 1. The average Bonchev–Trinajstić information content (AvgIpc) is 3.13. The molecule has 1 amide bonds. The van der Waals surface area contributed by atoms with Gasteiger partial charge in [0.15, 0.2) is 0 Å². The van der Waals surface area contributed by atoms with Gasteiger partial charge in [-0.2, -0.15) is 5.10 Å². The lowest BCUT2D eigenvalue weighted by atomic mass is 10.0. The van der Waals surface area contributed by atoms with Crippen molar-refractivity contribution < 1.29 is 14.6 Å². The fraction of sp³-hybridized carbons (Fsp3) is 0.273. The van der Waals surface area contributed by atoms with Gasteiger partial charge in [0.2, 0.25) is 0 Å². The van der Waals surface area contributed by atoms with Gasteiger partial charge in [-0.3, -0.25) is 9.89 Å². The highest BCUT2D eigenvalue weighted by Gasteiger charge is 2.22. The zero-order valence-corrected chi connectivity index (χ0v) is 16.8. The Kier molecular flexibility index (Phi) is 6.19. The van der Waals surface area contributed by atoms with Gasteiger partial charge >= 0.3 is 0 Å². The van der Waals surface area contributed by atoms with E-state index in [1.54, 1.807) is 12.1 Å². The van der Waals surface area contributed by atoms with Crippen LogP contribution in [0, 0.1) is 5.92 Å². The van der Waals surface area contributed by atoms with Gasteiger partial charge in [-0.05, 0) is 41.8 Å². The van der Waals surface area contributed by atoms with E-state index < -0.39 is 0 Å². The van der Waals surface area contributed by atoms with E-state index in [2.05, 4.69) is 15.5 Å². The molecular weight excluding hydrogens is 368 g/mol. The molecule has 0 saturated carbocycles. The average molecular weight is 394 g/mol. The molecule has 0 unspecified atom stereocenters. The molecule has 2 aromatic carbocycles. The number of anilines is 1. The molecule has 152 valence electrons. The normalized spacial score (nSPS) is 12.6. The molecule has 0 bridgehead atoms. The van der Waals surface area contributed by atoms with E-state index in [-0.39, 0.29) is 24.5 Å². The first-order valence-electron chi connectivity index (χ1n) is 9.45. The van der Waals surface area contributed by atoms with Crippen molar-refractivity contribution in [1.82, 2.24) is 15.5 Å². The molecule has 0 radical (unpaired) electrons. The third-order valence-electron chi connectivity index (χ3n) is 4.85. The maximum absolute atomic E-state index is 12.8. The van der Waals surface area contributed by atoms with Gasteiger partial charge in [-0.1, -0.05) is 32.1 Å². The monoisotopic (exact) mass is 394 g/mol. The van der Waals surface area contributed by atoms with Crippen LogP contribution < -0.4 is 15.8 Å². The van der Waals surface area contributed by atoms with E-state index in [0.29, 0.717) is 22.7 Å². The second-order valence-corrected chi connectivity index (χ2v) is 7.18. The first-order valence-corrected chi connectivity index (χ1v) is 9.45. The number of H-pyrrole nitrogens is 1. The van der Waals surface area contributed by atoms with Crippen molar-refractivity contribution in [2.45, 2.75) is 19.9 Å². The minimum Gasteiger partial charge on any atom is -0.495 e. The molecule has 5 N–H and O–H groups in total. The van der Waals surface area contributed by atoms with E-state index in [1.165, 1.54) is 7.11 Å². The van der Waals surface area contributed by atoms with Gasteiger partial charge in [0.1, 0.15) is 5.75 Å². The summed E-state index contributed by atoms with van der Waals surface area (Å²) in [6.07, 6.45) is 3.78. The lowest BCUT2D eigenvalue weighted by Crippen LogP contribution is -2.41. The number of nitrogens with one attached hydrogen (secondary N) is 2. The summed E-state index contributed by atoms with van der Waals surface area (Å²) in [6.45, 7) is 3.75. The number of methoxy groups -OCH3 is 1. The Labute approximate surface area is 169 Å². The van der Waals surface area contributed by atoms with Crippen molar-refractivity contribution in [3.63, 3.8) is 0 Å². The molecule has 0 fully saturated rings. The molecule has 0 aliphatic carbocycles. The smallest absolute Gasteiger partial charge is 0.255 e. The second-order valence-electron chi connectivity index (χ2n) is 7.18. The minimum absolute atomic E-state index is 0.103. The molecule has 1 heterocycles. The number of aliphatic hydroxyl groups is 1. The Hall–Kier alpha value is -3.32. The maximum atomic E-state index is 12.8. The van der Waals surface area contributed by atoms with Gasteiger partial charge in [0.05, 0.1) is 41.9 Å². The second kappa shape index (κ2) is 8.79. The molecule has 0 aliphatic rings. The zero-order chi connectivity index (χ0) is 21.0. The summed E-state index contributed by atoms with van der Waals surface area (Å²) in [7, 11) is 1.53. The van der Waals surface area contributed by atoms with Gasteiger partial charge < -0.3 is 20.9 Å². The predicted octanol–water partition coefficient (Wildman–Crippen LogP) is 3.07. The van der Waals surface area contributed by atoms with Crippen molar-refractivity contribution >= 4 is 34.6 Å². The van der Waals surface area contributed by atoms with Crippen LogP contribution in [0.3, 0.4) is 0 Å². The number of benzene rings is 2. The summed E-state index contributed by atoms with van der Waals surface area (Å²) < 4.78 is 5.59. The number of rotatable bonds is 7. The van der Waals surface area contributed by atoms with Crippen molar-refractivity contribution in [1.29, 1.82) is 0 Å². The summed E-state index contributed by atoms with van der Waals surface area (Å²) in [5.74, 6) is 0.239. The third-order valence-corrected chi connectivity index (χ3v) is 4.85. The number of aromatic nitrogens is 2. The van der Waals surface area contributed by atoms with Gasteiger partial charge in [0.25, 0.3) is 5.91 Å². The van der Waals surface area contributed by atoms with E-state index in [1.807, 2.05) is 50.3 Å². The van der Waals surface area contributed by atoms with Gasteiger partial charge in [0, 0.05) is 5.69 Å². The summed E-state index contributed by atoms with van der Waals surface area (Å²) in [5, 5.41) is 20.4. The zero-order valence-electron chi connectivity index (χ0n) is 16.8. The molecule has 3 aromatic rings. The minimum atomic E-state index is -0.336. The molecule has 0 saturated heterocycles. The van der Waals surface area contributed by atoms with Crippen molar-refractivity contribution in [2.75, 3.05) is 19.5 Å². The molecule has 7 heteroatoms. The highest BCUT2D eigenvalue weighted by Crippen LogP contribution is 2.32. The largest absolute Gasteiger partial charge is 0.495 e. The predicted molar refractivity (Wildman–Crippen MR) is 116 cm³/mol. The molecule has 0 aliphatic heterocycles. The van der Waals surface area contributed by atoms with Gasteiger partial charge in [-0.25, -0.2) is 0 Å². The Morgan fingerprint density at radius 3 is 2.59 bits per heavy atom. The van der Waals surface area contributed by atoms with Crippen LogP contribution in [0.25, 0.3) is 23.1 Å². The molecule has 0 spiro atoms. The van der Waals surface area contributed by atoms with Crippen LogP contribution in [-0.2, 0) is 0 Å². The van der Waals surface area contributed by atoms with Crippen LogP contribution in [-0.4, -0.2) is 41.0 Å². The van der Waals surface area contributed by atoms with Crippen LogP contribution in [0.1, 0.15) is 35.5 Å². The maximum Gasteiger partial charge on any atom is 0.255 e. The van der Waals surface area contributed by atoms with E-state index in [9.17, 15) is 9.90 Å². The van der Waals surface area contributed by atoms with Crippen molar-refractivity contribution in [2.24, 2.45) is 5.92 Å². The lowest BCUT2D eigenvalue weighted by molar-refractivity contribution is 0.0894. The number of fused-ring (bicyclic) bond motifs is 1. The molecule has 3 rings (SSSR count). The molecule has 29 heavy (non-hydrogen) atoms. The summed E-state index contributed by atoms with van der Waals surface area (Å²) >= 11 is 0. The Balaban J connectivity index is 1.98. The Morgan fingerprint density at radius 2 is 1.97 bits per heavy atom. The fourth-order valence-electron chi connectivity index (χ4n) is 3.07. The van der Waals surface area contributed by atoms with Crippen LogP contribution >= 0.6 is 0 Å². The summed E-state index contributed by atoms with van der Waals surface area (Å²) in [6, 6.07) is 10.6. The Morgan fingerprint density at radius 1 is 1.24 bits per heavy atom. The molecular formula is C22H26N4O3. The summed E-state index contributed by atoms with van der Waals surface area (Å²) in [4.78, 5) is 12.8. The number of carbonyl (C=O) groups is 1. The van der Waals surface area contributed by atoms with E-state index in [0.717, 1.165) is 16.5 Å². The first-order chi connectivity index (χ1) is 13.9. The standard InChI is InChI=1S/C22H26N4O3/c1-13(2)19(12-27)24-22(28)16-9-11-18-20(21(16)29-3)17(25-26-18)10-6-14-4-7-15(23)8-5-14/h4-11,13,19,27H,12,23H2,1-3H3,(H,24,28)(H,25,26)/t19-/m1/s1. The number of aliphatic hydroxyl groups excluding tert-OH is 1. The highest BCUT2D eigenvalue weighted by atomic mass is 16.5. The number of nitrogen functional groups attached to an aromatic ring is 1. The Bertz CT molecular complexity index is 1020. The van der Waals surface area contributed by atoms with Crippen LogP contribution in [0.4, 0.5) is 5.69 Å². The first kappa shape index (κ1) is 20.4. The van der Waals surface area contributed by atoms with Crippen LogP contribution in [0.2, 0.25) is 0 Å². The van der Waals surface area contributed by atoms with Crippen molar-refractivity contribution in [3.8, 4) is 5.75 Å². The lowest BCUT2D eigenvalue weighted by Gasteiger charge is -2.20. The number of nitrogens with two attached hydrogens (primary N) is 1. The van der Waals surface area contributed by atoms with Gasteiger partial charge in [-0.15, -0.1) is 0 Å². The SMILES string of the molecule is COc1c(C(=O)N[C@H](CO)C(C)C)ccc2[nH]nc(C=Cc3ccc(N)cc3)c12. The van der Waals surface area contributed by atoms with Crippen molar-refractivity contribution in [3.05, 3.63) is 53.2 Å². The number of aromatic amines is 1. The quantitative estimate of drug-likeness (QED) is 0.460. The number of carbonyl (C=O) groups excluding carboxylic acids is 1. The molecule has 7 nitrogen and oxygen atoms in total. The van der Waals surface area contributed by atoms with E-state index in [4.69, 9.17) is 10.5 Å². The van der Waals surface area contributed by atoms with E-state index >= 15 is 0 Å². The summed E-state index contributed by atoms with van der Waals surface area (Å²) in [5.41, 5.74) is 9.22. The van der Waals surface area contributed by atoms with Crippen LogP contribution in [0.5, 0.6) is 5.75 Å². The highest BCUT2D eigenvalue weighted by molar-refractivity contribution is 6.05. The third kappa shape index (κ3) is 4.41. The number of hydrogen-bond acceptors (Lipinski definition) is 5. The number of hydrogen-bond donors (Lipinski definition) is 4. The molecule has 1 aromatic heterocycles. The molecule has 1 atom stereocenters. The van der Waals surface area contributed by atoms with Crippen LogP contribution in [0.15, 0.2) is 36.4 Å². The number of ether oxygens (including phenoxy) is 1. The fourth-order valence-corrected chi connectivity index (χ4v) is 3.07. The number of nitrogens with zero attached hydrogens (tertiary/aromatic N) is 1. The topological polar surface area (TPSA) is 113 Å².